The quantitative estimate of drug-likeness (QED) is 0.763. The lowest BCUT2D eigenvalue weighted by Crippen LogP contribution is -2.33. The molecule has 19 heavy (non-hydrogen) atoms. The highest BCUT2D eigenvalue weighted by Crippen LogP contribution is 2.24. The molecule has 0 aliphatic heterocycles. The van der Waals surface area contributed by atoms with Crippen LogP contribution in [0.4, 0.5) is 11.6 Å². The number of rotatable bonds is 5. The van der Waals surface area contributed by atoms with Crippen molar-refractivity contribution in [1.82, 2.24) is 9.97 Å². The molecule has 0 unspecified atom stereocenters. The van der Waals surface area contributed by atoms with Gasteiger partial charge < -0.3 is 15.7 Å². The van der Waals surface area contributed by atoms with Gasteiger partial charge in [-0.3, -0.25) is 0 Å². The summed E-state index contributed by atoms with van der Waals surface area (Å²) in [6, 6.07) is 1.88. The average molecular weight is 266 g/mol. The van der Waals surface area contributed by atoms with Crippen LogP contribution in [-0.2, 0) is 5.41 Å². The molecule has 0 aliphatic rings. The van der Waals surface area contributed by atoms with Gasteiger partial charge in [0.25, 0.3) is 0 Å². The van der Waals surface area contributed by atoms with Gasteiger partial charge in [0.2, 0.25) is 0 Å². The molecule has 0 bridgehead atoms. The summed E-state index contributed by atoms with van der Waals surface area (Å²) in [5.74, 6) is 2.37. The van der Waals surface area contributed by atoms with Crippen LogP contribution in [0.5, 0.6) is 0 Å². The fourth-order valence-electron chi connectivity index (χ4n) is 1.66. The Labute approximate surface area is 115 Å². The lowest BCUT2D eigenvalue weighted by molar-refractivity contribution is 0.260. The minimum Gasteiger partial charge on any atom is -0.396 e. The van der Waals surface area contributed by atoms with Crippen molar-refractivity contribution in [2.75, 3.05) is 24.3 Å². The van der Waals surface area contributed by atoms with Crippen LogP contribution >= 0.6 is 0 Å². The molecule has 1 aromatic rings. The van der Waals surface area contributed by atoms with Crippen LogP contribution in [0.1, 0.15) is 46.9 Å². The maximum atomic E-state index is 9.08. The van der Waals surface area contributed by atoms with Gasteiger partial charge in [0.15, 0.2) is 0 Å². The van der Waals surface area contributed by atoms with Crippen LogP contribution in [0, 0.1) is 0 Å². The molecular weight excluding hydrogens is 240 g/mol. The third kappa shape index (κ3) is 4.67. The van der Waals surface area contributed by atoms with Crippen LogP contribution in [0.15, 0.2) is 6.07 Å². The zero-order valence-corrected chi connectivity index (χ0v) is 12.8. The molecule has 0 aliphatic carbocycles. The molecule has 0 fully saturated rings. The Hall–Kier alpha value is -1.36. The fourth-order valence-corrected chi connectivity index (χ4v) is 1.66. The Morgan fingerprint density at radius 1 is 1.11 bits per heavy atom. The monoisotopic (exact) mass is 266 g/mol. The van der Waals surface area contributed by atoms with Crippen LogP contribution < -0.4 is 10.6 Å². The number of hydrogen-bond acceptors (Lipinski definition) is 5. The Balaban J connectivity index is 3.07. The van der Waals surface area contributed by atoms with Crippen LogP contribution in [0.3, 0.4) is 0 Å². The van der Waals surface area contributed by atoms with E-state index in [0.717, 1.165) is 17.5 Å². The first-order chi connectivity index (χ1) is 8.68. The summed E-state index contributed by atoms with van der Waals surface area (Å²) >= 11 is 0. The number of aliphatic hydroxyl groups is 1. The summed E-state index contributed by atoms with van der Waals surface area (Å²) in [7, 11) is 1.84. The van der Waals surface area contributed by atoms with Crippen LogP contribution in [-0.4, -0.2) is 34.3 Å². The van der Waals surface area contributed by atoms with Gasteiger partial charge in [0.05, 0.1) is 0 Å². The smallest absolute Gasteiger partial charge is 0.138 e. The van der Waals surface area contributed by atoms with E-state index in [4.69, 9.17) is 5.11 Å². The van der Waals surface area contributed by atoms with E-state index in [1.165, 1.54) is 0 Å². The molecule has 0 aromatic carbocycles. The second-order valence-corrected chi connectivity index (χ2v) is 6.44. The van der Waals surface area contributed by atoms with Crippen molar-refractivity contribution in [2.24, 2.45) is 0 Å². The molecule has 0 saturated carbocycles. The van der Waals surface area contributed by atoms with E-state index in [2.05, 4.69) is 41.4 Å². The summed E-state index contributed by atoms with van der Waals surface area (Å²) in [5.41, 5.74) is -0.312. The SMILES string of the molecule is CNc1cc(NC(C)(C)CCO)nc(C(C)(C)C)n1. The van der Waals surface area contributed by atoms with Crippen molar-refractivity contribution in [3.05, 3.63) is 11.9 Å². The molecule has 0 amide bonds. The van der Waals surface area contributed by atoms with Gasteiger partial charge in [0.1, 0.15) is 17.5 Å². The van der Waals surface area contributed by atoms with E-state index in [1.54, 1.807) is 0 Å². The standard InChI is InChI=1S/C14H26N4O/c1-13(2,3)12-16-10(15-6)9-11(17-12)18-14(4,5)7-8-19/h9,19H,7-8H2,1-6H3,(H2,15,16,17,18). The van der Waals surface area contributed by atoms with E-state index < -0.39 is 0 Å². The van der Waals surface area contributed by atoms with Crippen molar-refractivity contribution in [1.29, 1.82) is 0 Å². The highest BCUT2D eigenvalue weighted by atomic mass is 16.3. The van der Waals surface area contributed by atoms with Gasteiger partial charge in [-0.2, -0.15) is 0 Å². The van der Waals surface area contributed by atoms with Gasteiger partial charge in [-0.05, 0) is 20.3 Å². The summed E-state index contributed by atoms with van der Waals surface area (Å²) in [5, 5.41) is 15.5. The molecule has 0 atom stereocenters. The van der Waals surface area contributed by atoms with Gasteiger partial charge >= 0.3 is 0 Å². The second kappa shape index (κ2) is 5.74. The summed E-state index contributed by atoms with van der Waals surface area (Å²) in [6.07, 6.45) is 0.663. The van der Waals surface area contributed by atoms with Crippen molar-refractivity contribution in [3.8, 4) is 0 Å². The minimum atomic E-state index is -0.205. The highest BCUT2D eigenvalue weighted by molar-refractivity contribution is 5.49. The maximum Gasteiger partial charge on any atom is 0.138 e. The molecule has 0 saturated heterocycles. The zero-order valence-electron chi connectivity index (χ0n) is 12.8. The number of hydrogen-bond donors (Lipinski definition) is 3. The zero-order chi connectivity index (χ0) is 14.7. The molecule has 1 heterocycles. The Morgan fingerprint density at radius 3 is 2.16 bits per heavy atom. The highest BCUT2D eigenvalue weighted by Gasteiger charge is 2.22. The van der Waals surface area contributed by atoms with Crippen LogP contribution in [0.2, 0.25) is 0 Å². The average Bonchev–Trinajstić information content (AvgIpc) is 2.26. The van der Waals surface area contributed by atoms with Crippen molar-refractivity contribution < 1.29 is 5.11 Å². The molecule has 3 N–H and O–H groups in total. The summed E-state index contributed by atoms with van der Waals surface area (Å²) in [4.78, 5) is 9.06. The third-order valence-electron chi connectivity index (χ3n) is 2.86. The second-order valence-electron chi connectivity index (χ2n) is 6.44. The molecule has 108 valence electrons. The Bertz CT molecular complexity index is 424. The number of anilines is 2. The molecule has 5 nitrogen and oxygen atoms in total. The fraction of sp³-hybridized carbons (Fsp3) is 0.714. The lowest BCUT2D eigenvalue weighted by atomic mass is 9.95. The lowest BCUT2D eigenvalue weighted by Gasteiger charge is -2.27. The van der Waals surface area contributed by atoms with Gasteiger partial charge in [-0.25, -0.2) is 9.97 Å². The van der Waals surface area contributed by atoms with Crippen molar-refractivity contribution >= 4 is 11.6 Å². The molecule has 0 spiro atoms. The first kappa shape index (κ1) is 15.7. The first-order valence-corrected chi connectivity index (χ1v) is 6.64. The van der Waals surface area contributed by atoms with E-state index in [9.17, 15) is 0 Å². The van der Waals surface area contributed by atoms with Crippen molar-refractivity contribution in [3.63, 3.8) is 0 Å². The molecule has 1 aromatic heterocycles. The number of aliphatic hydroxyl groups excluding tert-OH is 1. The molecule has 1 rings (SSSR count). The largest absolute Gasteiger partial charge is 0.396 e. The topological polar surface area (TPSA) is 70.1 Å². The predicted molar refractivity (Wildman–Crippen MR) is 79.7 cm³/mol. The van der Waals surface area contributed by atoms with Crippen molar-refractivity contribution in [2.45, 2.75) is 52.0 Å². The summed E-state index contributed by atoms with van der Waals surface area (Å²) in [6.45, 7) is 10.5. The van der Waals surface area contributed by atoms with E-state index in [0.29, 0.717) is 6.42 Å². The van der Waals surface area contributed by atoms with Crippen LogP contribution in [0.25, 0.3) is 0 Å². The summed E-state index contributed by atoms with van der Waals surface area (Å²) < 4.78 is 0. The maximum absolute atomic E-state index is 9.08. The Kier molecular flexibility index (Phi) is 4.74. The normalized spacial score (nSPS) is 12.4. The molecular formula is C14H26N4O. The third-order valence-corrected chi connectivity index (χ3v) is 2.86. The minimum absolute atomic E-state index is 0.107. The van der Waals surface area contributed by atoms with Gasteiger partial charge in [-0.1, -0.05) is 20.8 Å². The van der Waals surface area contributed by atoms with Gasteiger partial charge in [0, 0.05) is 30.7 Å². The van der Waals surface area contributed by atoms with E-state index >= 15 is 0 Å². The van der Waals surface area contributed by atoms with E-state index in [1.807, 2.05) is 27.0 Å². The predicted octanol–water partition coefficient (Wildman–Crippen LogP) is 2.39. The number of nitrogens with one attached hydrogen (secondary N) is 2. The molecule has 5 heteroatoms. The molecule has 0 radical (unpaired) electrons. The van der Waals surface area contributed by atoms with Gasteiger partial charge in [-0.15, -0.1) is 0 Å². The van der Waals surface area contributed by atoms with E-state index in [-0.39, 0.29) is 17.6 Å². The number of nitrogens with zero attached hydrogens (tertiary/aromatic N) is 2. The Morgan fingerprint density at radius 2 is 1.68 bits per heavy atom. The first-order valence-electron chi connectivity index (χ1n) is 6.64. The number of aromatic nitrogens is 2.